The van der Waals surface area contributed by atoms with Crippen molar-refractivity contribution in [1.82, 2.24) is 10.3 Å². The number of aromatic hydroxyl groups is 1. The summed E-state index contributed by atoms with van der Waals surface area (Å²) in [6, 6.07) is 26.4. The first-order valence-electron chi connectivity index (χ1n) is 11.9. The Morgan fingerprint density at radius 3 is 2.50 bits per heavy atom. The molecule has 1 atom stereocenters. The molecule has 180 valence electrons. The lowest BCUT2D eigenvalue weighted by Crippen LogP contribution is -2.34. The number of hydroxylamine groups is 1. The van der Waals surface area contributed by atoms with E-state index in [2.05, 4.69) is 5.32 Å². The Labute approximate surface area is 210 Å². The third-order valence-corrected chi connectivity index (χ3v) is 6.23. The number of nitrogens with zero attached hydrogens (tertiary/aromatic N) is 2. The molecule has 1 aromatic heterocycles. The van der Waals surface area contributed by atoms with E-state index in [4.69, 9.17) is 4.98 Å². The molecule has 0 fully saturated rings. The number of para-hydroxylation sites is 1. The third-order valence-electron chi connectivity index (χ3n) is 6.23. The molecule has 0 radical (unpaired) electrons. The van der Waals surface area contributed by atoms with Gasteiger partial charge in [0.05, 0.1) is 22.6 Å². The summed E-state index contributed by atoms with van der Waals surface area (Å²) >= 11 is 0. The molecule has 6 heteroatoms. The highest BCUT2D eigenvalue weighted by Gasteiger charge is 2.17. The first kappa shape index (κ1) is 23.3. The fraction of sp³-hybridized carbons (Fsp3) is 0.133. The molecule has 36 heavy (non-hydrogen) atoms. The molecule has 4 aromatic rings. The van der Waals surface area contributed by atoms with Gasteiger partial charge in [0, 0.05) is 23.7 Å². The number of carbonyl (C=O) groups is 1. The molecule has 1 aliphatic rings. The second kappa shape index (κ2) is 10.1. The first-order valence-corrected chi connectivity index (χ1v) is 11.9. The molecule has 2 N–H and O–H groups in total. The predicted molar refractivity (Wildman–Crippen MR) is 144 cm³/mol. The van der Waals surface area contributed by atoms with E-state index >= 15 is 0 Å². The SMILES string of the molecule is CC(Cc1ccc(-c2nc3c(cc2-c2ccccc2)N([O-])CC=C3)cc1)NC(=O)c1ccccc1O. The van der Waals surface area contributed by atoms with Crippen LogP contribution in [0.3, 0.4) is 0 Å². The lowest BCUT2D eigenvalue weighted by atomic mass is 9.96. The highest BCUT2D eigenvalue weighted by molar-refractivity contribution is 5.97. The second-order valence-corrected chi connectivity index (χ2v) is 8.91. The van der Waals surface area contributed by atoms with Crippen molar-refractivity contribution in [3.63, 3.8) is 0 Å². The molecule has 6 nitrogen and oxygen atoms in total. The fourth-order valence-corrected chi connectivity index (χ4v) is 4.43. The van der Waals surface area contributed by atoms with Gasteiger partial charge >= 0.3 is 0 Å². The van der Waals surface area contributed by atoms with Crippen LogP contribution in [0.15, 0.2) is 91.0 Å². The van der Waals surface area contributed by atoms with Gasteiger partial charge in [-0.1, -0.05) is 72.8 Å². The van der Waals surface area contributed by atoms with Gasteiger partial charge in [-0.15, -0.1) is 0 Å². The normalized spacial score (nSPS) is 13.2. The van der Waals surface area contributed by atoms with E-state index in [0.29, 0.717) is 24.3 Å². The number of aromatic nitrogens is 1. The Morgan fingerprint density at radius 1 is 1.03 bits per heavy atom. The van der Waals surface area contributed by atoms with Crippen molar-refractivity contribution in [2.45, 2.75) is 19.4 Å². The topological polar surface area (TPSA) is 88.5 Å². The van der Waals surface area contributed by atoms with Crippen molar-refractivity contribution < 1.29 is 9.90 Å². The minimum Gasteiger partial charge on any atom is -0.758 e. The molecule has 1 unspecified atom stereocenters. The summed E-state index contributed by atoms with van der Waals surface area (Å²) in [5.41, 5.74) is 6.22. The Balaban J connectivity index is 1.39. The fourth-order valence-electron chi connectivity index (χ4n) is 4.43. The van der Waals surface area contributed by atoms with E-state index in [1.165, 1.54) is 6.07 Å². The molecule has 1 aliphatic heterocycles. The Morgan fingerprint density at radius 2 is 1.75 bits per heavy atom. The van der Waals surface area contributed by atoms with Crippen LogP contribution in [-0.4, -0.2) is 28.6 Å². The monoisotopic (exact) mass is 476 g/mol. The van der Waals surface area contributed by atoms with Gasteiger partial charge in [-0.2, -0.15) is 0 Å². The summed E-state index contributed by atoms with van der Waals surface area (Å²) < 4.78 is 0. The molecule has 2 heterocycles. The smallest absolute Gasteiger partial charge is 0.255 e. The van der Waals surface area contributed by atoms with Gasteiger partial charge in [0.2, 0.25) is 0 Å². The second-order valence-electron chi connectivity index (χ2n) is 8.91. The van der Waals surface area contributed by atoms with Crippen molar-refractivity contribution in [2.24, 2.45) is 0 Å². The van der Waals surface area contributed by atoms with Gasteiger partial charge in [0.1, 0.15) is 5.75 Å². The van der Waals surface area contributed by atoms with Gasteiger partial charge in [0.15, 0.2) is 0 Å². The van der Waals surface area contributed by atoms with Crippen LogP contribution in [0.4, 0.5) is 5.69 Å². The Bertz CT molecular complexity index is 1420. The highest BCUT2D eigenvalue weighted by Crippen LogP contribution is 2.37. The lowest BCUT2D eigenvalue weighted by Gasteiger charge is -2.33. The molecule has 0 saturated carbocycles. The lowest BCUT2D eigenvalue weighted by molar-refractivity contribution is 0.0937. The number of phenols is 1. The van der Waals surface area contributed by atoms with E-state index in [9.17, 15) is 15.1 Å². The maximum Gasteiger partial charge on any atom is 0.255 e. The van der Waals surface area contributed by atoms with E-state index in [1.54, 1.807) is 18.2 Å². The molecule has 5 rings (SSSR count). The average Bonchev–Trinajstić information content (AvgIpc) is 2.89. The number of rotatable bonds is 6. The summed E-state index contributed by atoms with van der Waals surface area (Å²) in [6.45, 7) is 2.25. The standard InChI is InChI=1S/C30H26N3O3/c1-20(31-30(35)24-10-5-6-12-28(24)34)18-21-13-15-23(16-14-21)29-25(22-8-3-2-4-9-22)19-27-26(32-29)11-7-17-33(27)36/h2-16,19-20,34H,17-18H2,1H3,(H,31,35)/q-1. The zero-order chi connectivity index (χ0) is 25.1. The number of hydrogen-bond donors (Lipinski definition) is 2. The number of anilines is 1. The quantitative estimate of drug-likeness (QED) is 0.366. The minimum atomic E-state index is -0.302. The van der Waals surface area contributed by atoms with Crippen molar-refractivity contribution in [2.75, 3.05) is 11.6 Å². The van der Waals surface area contributed by atoms with Crippen molar-refractivity contribution in [3.05, 3.63) is 113 Å². The predicted octanol–water partition coefficient (Wildman–Crippen LogP) is 5.81. The number of pyridine rings is 1. The summed E-state index contributed by atoms with van der Waals surface area (Å²) in [4.78, 5) is 17.4. The zero-order valence-electron chi connectivity index (χ0n) is 19.9. The summed E-state index contributed by atoms with van der Waals surface area (Å²) in [7, 11) is 0. The van der Waals surface area contributed by atoms with E-state index in [1.807, 2.05) is 79.7 Å². The van der Waals surface area contributed by atoms with Crippen molar-refractivity contribution in [3.8, 4) is 28.1 Å². The van der Waals surface area contributed by atoms with Crippen LogP contribution < -0.4 is 10.4 Å². The van der Waals surface area contributed by atoms with Gasteiger partial charge in [-0.3, -0.25) is 4.79 Å². The van der Waals surface area contributed by atoms with Gasteiger partial charge in [-0.05, 0) is 48.7 Å². The van der Waals surface area contributed by atoms with E-state index in [0.717, 1.165) is 33.0 Å². The summed E-state index contributed by atoms with van der Waals surface area (Å²) in [5.74, 6) is -0.336. The molecule has 0 spiro atoms. The number of carbonyl (C=O) groups excluding carboxylic acids is 1. The number of amides is 1. The number of nitrogens with one attached hydrogen (secondary N) is 1. The number of hydrogen-bond acceptors (Lipinski definition) is 5. The van der Waals surface area contributed by atoms with Gasteiger partial charge in [0.25, 0.3) is 5.91 Å². The molecule has 0 saturated heterocycles. The molecule has 1 amide bonds. The zero-order valence-corrected chi connectivity index (χ0v) is 19.9. The van der Waals surface area contributed by atoms with Crippen LogP contribution in [0.25, 0.3) is 28.5 Å². The van der Waals surface area contributed by atoms with Crippen LogP contribution in [0.1, 0.15) is 28.5 Å². The third kappa shape index (κ3) is 4.85. The van der Waals surface area contributed by atoms with Gasteiger partial charge in [-0.25, -0.2) is 4.98 Å². The maximum absolute atomic E-state index is 12.5. The van der Waals surface area contributed by atoms with Crippen LogP contribution in [0.2, 0.25) is 0 Å². The number of benzene rings is 3. The number of phenolic OH excluding ortho intramolecular Hbond substituents is 1. The van der Waals surface area contributed by atoms with Gasteiger partial charge < -0.3 is 20.7 Å². The summed E-state index contributed by atoms with van der Waals surface area (Å²) in [5, 5.41) is 26.3. The van der Waals surface area contributed by atoms with Crippen molar-refractivity contribution in [1.29, 1.82) is 0 Å². The highest BCUT2D eigenvalue weighted by atomic mass is 16.5. The van der Waals surface area contributed by atoms with Crippen LogP contribution in [-0.2, 0) is 6.42 Å². The molecular weight excluding hydrogens is 450 g/mol. The first-order chi connectivity index (χ1) is 17.5. The Kier molecular flexibility index (Phi) is 6.52. The van der Waals surface area contributed by atoms with Crippen LogP contribution in [0.5, 0.6) is 5.75 Å². The Hall–Kier alpha value is -4.42. The molecule has 0 aliphatic carbocycles. The minimum absolute atomic E-state index is 0.0340. The number of fused-ring (bicyclic) bond motifs is 1. The van der Waals surface area contributed by atoms with Crippen molar-refractivity contribution >= 4 is 17.7 Å². The van der Waals surface area contributed by atoms with Crippen LogP contribution >= 0.6 is 0 Å². The van der Waals surface area contributed by atoms with E-state index in [-0.39, 0.29) is 23.3 Å². The van der Waals surface area contributed by atoms with Crippen LogP contribution in [0, 0.1) is 5.21 Å². The molecular formula is C30H26N3O3-. The van der Waals surface area contributed by atoms with E-state index < -0.39 is 0 Å². The maximum atomic E-state index is 12.5. The summed E-state index contributed by atoms with van der Waals surface area (Å²) in [6.07, 6.45) is 4.35. The largest absolute Gasteiger partial charge is 0.758 e. The molecule has 0 bridgehead atoms. The average molecular weight is 477 g/mol. The molecule has 3 aromatic carbocycles.